The molecule has 3 aromatic rings. The summed E-state index contributed by atoms with van der Waals surface area (Å²) in [7, 11) is 1.58. The molecule has 4 heterocycles. The van der Waals surface area contributed by atoms with Crippen LogP contribution in [0.25, 0.3) is 22.3 Å². The Kier molecular flexibility index (Phi) is 8.62. The van der Waals surface area contributed by atoms with Crippen LogP contribution in [-0.2, 0) is 11.3 Å². The van der Waals surface area contributed by atoms with Gasteiger partial charge in [0.05, 0.1) is 25.3 Å². The maximum atomic E-state index is 13.4. The third-order valence-electron chi connectivity index (χ3n) is 6.08. The van der Waals surface area contributed by atoms with Crippen LogP contribution in [0.5, 0.6) is 5.88 Å². The van der Waals surface area contributed by atoms with Crippen LogP contribution < -0.4 is 15.6 Å². The number of nitrogens with one attached hydrogen (secondary N) is 1. The number of aliphatic hydroxyl groups is 1. The zero-order valence-electron chi connectivity index (χ0n) is 20.4. The molecule has 0 aromatic carbocycles. The van der Waals surface area contributed by atoms with Gasteiger partial charge in [0.15, 0.2) is 11.5 Å². The molecule has 1 fully saturated rings. The Hall–Kier alpha value is -3.08. The number of hydrogen-bond acceptors (Lipinski definition) is 9. The Morgan fingerprint density at radius 3 is 2.74 bits per heavy atom. The van der Waals surface area contributed by atoms with Gasteiger partial charge in [0.25, 0.3) is 5.56 Å². The third kappa shape index (κ3) is 6.33. The molecule has 1 atom stereocenters. The largest absolute Gasteiger partial charge is 0.481 e. The van der Waals surface area contributed by atoms with Crippen molar-refractivity contribution in [3.8, 4) is 17.0 Å². The fraction of sp³-hybridized carbons (Fsp3) is 0.520. The summed E-state index contributed by atoms with van der Waals surface area (Å²) in [6.45, 7) is 6.65. The fourth-order valence-corrected chi connectivity index (χ4v) is 4.22. The quantitative estimate of drug-likeness (QED) is 0.375. The number of hydrogen-bond donors (Lipinski definition) is 2. The summed E-state index contributed by atoms with van der Waals surface area (Å²) in [6.07, 6.45) is 5.83. The highest BCUT2D eigenvalue weighted by molar-refractivity contribution is 5.78. The summed E-state index contributed by atoms with van der Waals surface area (Å²) in [6, 6.07) is 5.62. The molecule has 0 amide bonds. The summed E-state index contributed by atoms with van der Waals surface area (Å²) in [4.78, 5) is 29.0. The number of likely N-dealkylation sites (tertiary alicyclic amines) is 1. The number of nitrogens with zero attached hydrogens (tertiary/aromatic N) is 5. The number of fused-ring (bicyclic) bond motifs is 1. The van der Waals surface area contributed by atoms with E-state index in [2.05, 4.69) is 32.1 Å². The number of β-amino-alcohol motifs (C(OH)–C–C–N with tert-alkyl or cyclic N) is 1. The van der Waals surface area contributed by atoms with E-state index in [1.165, 1.54) is 0 Å². The van der Waals surface area contributed by atoms with Crippen molar-refractivity contribution in [3.63, 3.8) is 0 Å². The minimum absolute atomic E-state index is 0.194. The first kappa shape index (κ1) is 25.0. The fourth-order valence-electron chi connectivity index (χ4n) is 4.22. The van der Waals surface area contributed by atoms with Crippen LogP contribution in [0, 0.1) is 0 Å². The molecule has 1 saturated heterocycles. The number of rotatable bonds is 12. The lowest BCUT2D eigenvalue weighted by Gasteiger charge is -2.16. The van der Waals surface area contributed by atoms with Gasteiger partial charge in [-0.05, 0) is 37.9 Å². The van der Waals surface area contributed by atoms with E-state index in [4.69, 9.17) is 9.47 Å². The van der Waals surface area contributed by atoms with Gasteiger partial charge in [0, 0.05) is 62.4 Å². The van der Waals surface area contributed by atoms with E-state index in [-0.39, 0.29) is 11.7 Å². The average Bonchev–Trinajstić information content (AvgIpc) is 3.30. The predicted octanol–water partition coefficient (Wildman–Crippen LogP) is 2.16. The number of methoxy groups -OCH3 is 1. The molecule has 0 unspecified atom stereocenters. The zero-order valence-corrected chi connectivity index (χ0v) is 20.4. The Morgan fingerprint density at radius 2 is 2.03 bits per heavy atom. The van der Waals surface area contributed by atoms with Crippen molar-refractivity contribution in [3.05, 3.63) is 40.9 Å². The van der Waals surface area contributed by atoms with Crippen LogP contribution in [-0.4, -0.2) is 82.1 Å². The second-order valence-electron chi connectivity index (χ2n) is 8.71. The van der Waals surface area contributed by atoms with E-state index >= 15 is 0 Å². The Balaban J connectivity index is 1.56. The molecule has 3 aromatic heterocycles. The van der Waals surface area contributed by atoms with E-state index < -0.39 is 0 Å². The lowest BCUT2D eigenvalue weighted by molar-refractivity contribution is 0.127. The van der Waals surface area contributed by atoms with Gasteiger partial charge in [0.2, 0.25) is 5.88 Å². The summed E-state index contributed by atoms with van der Waals surface area (Å²) < 4.78 is 12.5. The number of ether oxygens (including phenoxy) is 2. The van der Waals surface area contributed by atoms with Crippen LogP contribution in [0.4, 0.5) is 5.82 Å². The SMILES string of the molecule is CCCOCCn1c(=O)c(NCCCN2CC[C@@H](O)C2)nc2ncc(-c3ccc(OC)nc3)cc21. The molecule has 1 aliphatic heterocycles. The maximum absolute atomic E-state index is 13.4. The summed E-state index contributed by atoms with van der Waals surface area (Å²) >= 11 is 0. The van der Waals surface area contributed by atoms with Crippen molar-refractivity contribution in [2.45, 2.75) is 38.8 Å². The standard InChI is InChI=1S/C25H34N6O4/c1-3-12-35-13-11-31-21-14-19(18-5-6-22(34-2)27-15-18)16-28-23(21)29-24(25(31)33)26-8-4-9-30-10-7-20(32)17-30/h5-6,14-16,20,32H,3-4,7-13,17H2,1-2H3,(H,26,28,29)/t20-/m1/s1. The van der Waals surface area contributed by atoms with Gasteiger partial charge in [-0.15, -0.1) is 0 Å². The van der Waals surface area contributed by atoms with E-state index in [0.29, 0.717) is 49.2 Å². The van der Waals surface area contributed by atoms with Crippen molar-refractivity contribution < 1.29 is 14.6 Å². The minimum atomic E-state index is -0.225. The first-order valence-corrected chi connectivity index (χ1v) is 12.2. The molecule has 0 bridgehead atoms. The van der Waals surface area contributed by atoms with Crippen LogP contribution in [0.2, 0.25) is 0 Å². The van der Waals surface area contributed by atoms with Gasteiger partial charge in [-0.1, -0.05) is 6.92 Å². The van der Waals surface area contributed by atoms with Gasteiger partial charge in [-0.25, -0.2) is 15.0 Å². The second-order valence-corrected chi connectivity index (χ2v) is 8.71. The Morgan fingerprint density at radius 1 is 1.17 bits per heavy atom. The molecule has 0 saturated carbocycles. The van der Waals surface area contributed by atoms with E-state index in [0.717, 1.165) is 50.0 Å². The first-order valence-electron chi connectivity index (χ1n) is 12.2. The number of pyridine rings is 2. The van der Waals surface area contributed by atoms with Gasteiger partial charge in [-0.2, -0.15) is 0 Å². The first-order chi connectivity index (χ1) is 17.1. The number of anilines is 1. The van der Waals surface area contributed by atoms with Crippen LogP contribution in [0.3, 0.4) is 0 Å². The molecule has 4 rings (SSSR count). The Bertz CT molecular complexity index is 1170. The molecule has 35 heavy (non-hydrogen) atoms. The van der Waals surface area contributed by atoms with Crippen molar-refractivity contribution in [1.82, 2.24) is 24.4 Å². The summed E-state index contributed by atoms with van der Waals surface area (Å²) in [5.41, 5.74) is 2.66. The maximum Gasteiger partial charge on any atom is 0.293 e. The summed E-state index contributed by atoms with van der Waals surface area (Å²) in [5, 5.41) is 12.9. The smallest absolute Gasteiger partial charge is 0.293 e. The third-order valence-corrected chi connectivity index (χ3v) is 6.08. The highest BCUT2D eigenvalue weighted by atomic mass is 16.5. The van der Waals surface area contributed by atoms with E-state index in [9.17, 15) is 9.90 Å². The minimum Gasteiger partial charge on any atom is -0.481 e. The molecule has 188 valence electrons. The highest BCUT2D eigenvalue weighted by Crippen LogP contribution is 2.23. The van der Waals surface area contributed by atoms with Crippen molar-refractivity contribution in [2.75, 3.05) is 51.8 Å². The van der Waals surface area contributed by atoms with Crippen molar-refractivity contribution >= 4 is 17.0 Å². The van der Waals surface area contributed by atoms with Crippen LogP contribution in [0.1, 0.15) is 26.2 Å². The van der Waals surface area contributed by atoms with E-state index in [1.54, 1.807) is 30.1 Å². The van der Waals surface area contributed by atoms with Gasteiger partial charge < -0.3 is 24.8 Å². The van der Waals surface area contributed by atoms with Gasteiger partial charge in [0.1, 0.15) is 0 Å². The number of aliphatic hydroxyl groups excluding tert-OH is 1. The van der Waals surface area contributed by atoms with Gasteiger partial charge >= 0.3 is 0 Å². The molecule has 2 N–H and O–H groups in total. The lowest BCUT2D eigenvalue weighted by Crippen LogP contribution is -2.29. The molecular formula is C25H34N6O4. The predicted molar refractivity (Wildman–Crippen MR) is 135 cm³/mol. The summed E-state index contributed by atoms with van der Waals surface area (Å²) in [5.74, 6) is 0.826. The van der Waals surface area contributed by atoms with Crippen LogP contribution in [0.15, 0.2) is 35.4 Å². The second kappa shape index (κ2) is 12.1. The van der Waals surface area contributed by atoms with Crippen molar-refractivity contribution in [1.29, 1.82) is 0 Å². The topological polar surface area (TPSA) is 115 Å². The highest BCUT2D eigenvalue weighted by Gasteiger charge is 2.19. The van der Waals surface area contributed by atoms with Gasteiger partial charge in [-0.3, -0.25) is 9.36 Å². The van der Waals surface area contributed by atoms with E-state index in [1.807, 2.05) is 12.1 Å². The Labute approximate surface area is 204 Å². The molecule has 0 radical (unpaired) electrons. The molecule has 10 nitrogen and oxygen atoms in total. The van der Waals surface area contributed by atoms with Crippen LogP contribution >= 0.6 is 0 Å². The van der Waals surface area contributed by atoms with Crippen molar-refractivity contribution in [2.24, 2.45) is 0 Å². The normalized spacial score (nSPS) is 16.1. The molecular weight excluding hydrogens is 448 g/mol. The average molecular weight is 483 g/mol. The lowest BCUT2D eigenvalue weighted by atomic mass is 10.1. The molecule has 1 aliphatic rings. The molecule has 10 heteroatoms. The molecule has 0 spiro atoms. The monoisotopic (exact) mass is 482 g/mol. The number of aromatic nitrogens is 4. The molecule has 0 aliphatic carbocycles. The zero-order chi connectivity index (χ0) is 24.6.